The van der Waals surface area contributed by atoms with Crippen LogP contribution in [0.15, 0.2) is 66.7 Å². The maximum absolute atomic E-state index is 10.6. The third kappa shape index (κ3) is 3.86. The molecule has 0 aromatic heterocycles. The van der Waals surface area contributed by atoms with Crippen LogP contribution >= 0.6 is 9.03 Å². The number of phenols is 1. The Hall–Kier alpha value is -3.03. The van der Waals surface area contributed by atoms with E-state index in [9.17, 15) is 5.11 Å². The Labute approximate surface area is 179 Å². The fourth-order valence-electron chi connectivity index (χ4n) is 3.65. The van der Waals surface area contributed by atoms with E-state index < -0.39 is 0 Å². The lowest BCUT2D eigenvalue weighted by molar-refractivity contribution is 0.475. The summed E-state index contributed by atoms with van der Waals surface area (Å²) in [4.78, 5) is 0. The van der Waals surface area contributed by atoms with Crippen LogP contribution in [0.5, 0.6) is 17.2 Å². The highest BCUT2D eigenvalue weighted by atomic mass is 31.1. The van der Waals surface area contributed by atoms with Gasteiger partial charge in [-0.25, -0.2) is 0 Å². The van der Waals surface area contributed by atoms with Crippen molar-refractivity contribution in [2.24, 2.45) is 0 Å². The zero-order valence-electron chi connectivity index (χ0n) is 17.6. The van der Waals surface area contributed by atoms with E-state index in [4.69, 9.17) is 9.05 Å². The smallest absolute Gasteiger partial charge is 0.275 e. The Morgan fingerprint density at radius 2 is 1.33 bits per heavy atom. The molecule has 4 rings (SSSR count). The van der Waals surface area contributed by atoms with Gasteiger partial charge in [-0.2, -0.15) is 0 Å². The molecule has 0 radical (unpaired) electrons. The van der Waals surface area contributed by atoms with Crippen LogP contribution in [0.2, 0.25) is 0 Å². The van der Waals surface area contributed by atoms with Crippen LogP contribution in [0.25, 0.3) is 21.9 Å². The van der Waals surface area contributed by atoms with Crippen molar-refractivity contribution in [1.29, 1.82) is 0 Å². The zero-order chi connectivity index (χ0) is 21.3. The second-order valence-corrected chi connectivity index (χ2v) is 8.15. The second-order valence-electron chi connectivity index (χ2n) is 7.58. The predicted molar refractivity (Wildman–Crippen MR) is 126 cm³/mol. The molecule has 0 fully saturated rings. The summed E-state index contributed by atoms with van der Waals surface area (Å²) in [6.07, 6.45) is 0. The first-order valence-electron chi connectivity index (χ1n) is 9.93. The Bertz CT molecular complexity index is 1230. The highest BCUT2D eigenvalue weighted by Crippen LogP contribution is 2.44. The summed E-state index contributed by atoms with van der Waals surface area (Å²) in [6.45, 7) is 8.21. The summed E-state index contributed by atoms with van der Waals surface area (Å²) in [5.74, 6) is 1.74. The van der Waals surface area contributed by atoms with Crippen LogP contribution in [-0.2, 0) is 0 Å². The lowest BCUT2D eigenvalue weighted by Gasteiger charge is -2.19. The van der Waals surface area contributed by atoms with Crippen LogP contribution in [0.3, 0.4) is 0 Å². The molecule has 0 aliphatic rings. The highest BCUT2D eigenvalue weighted by molar-refractivity contribution is 7.27. The molecular weight excluding hydrogens is 391 g/mol. The number of aryl methyl sites for hydroxylation is 2. The molecule has 1 unspecified atom stereocenters. The molecule has 0 aliphatic heterocycles. The van der Waals surface area contributed by atoms with Gasteiger partial charge in [-0.3, -0.25) is 0 Å². The van der Waals surface area contributed by atoms with Gasteiger partial charge in [0.1, 0.15) is 17.2 Å². The van der Waals surface area contributed by atoms with E-state index in [1.807, 2.05) is 55.5 Å². The summed E-state index contributed by atoms with van der Waals surface area (Å²) in [7, 11) is -0.198. The average Bonchev–Trinajstić information content (AvgIpc) is 2.75. The Morgan fingerprint density at radius 3 is 2.10 bits per heavy atom. The fraction of sp³-hybridized carbons (Fsp3) is 0.154. The van der Waals surface area contributed by atoms with Crippen molar-refractivity contribution in [2.75, 3.05) is 0 Å². The average molecular weight is 416 g/mol. The molecule has 4 heteroatoms. The van der Waals surface area contributed by atoms with Gasteiger partial charge in [-0.1, -0.05) is 42.5 Å². The van der Waals surface area contributed by atoms with Gasteiger partial charge in [-0.05, 0) is 85.0 Å². The minimum absolute atomic E-state index is 0.198. The van der Waals surface area contributed by atoms with E-state index in [1.54, 1.807) is 6.07 Å². The molecule has 3 nitrogen and oxygen atoms in total. The molecule has 4 aromatic rings. The normalized spacial score (nSPS) is 11.3. The first kappa shape index (κ1) is 20.3. The maximum atomic E-state index is 10.6. The van der Waals surface area contributed by atoms with Gasteiger partial charge in [0.05, 0.1) is 0 Å². The Balaban J connectivity index is 1.63. The van der Waals surface area contributed by atoms with E-state index in [0.29, 0.717) is 5.75 Å². The molecule has 0 saturated carbocycles. The van der Waals surface area contributed by atoms with Crippen molar-refractivity contribution >= 4 is 19.8 Å². The fourth-order valence-corrected chi connectivity index (χ4v) is 4.17. The largest absolute Gasteiger partial charge is 0.507 e. The van der Waals surface area contributed by atoms with Gasteiger partial charge in [0.25, 0.3) is 9.03 Å². The minimum Gasteiger partial charge on any atom is -0.507 e. The molecule has 0 heterocycles. The maximum Gasteiger partial charge on any atom is 0.275 e. The van der Waals surface area contributed by atoms with Crippen molar-refractivity contribution in [3.63, 3.8) is 0 Å². The molecule has 0 aliphatic carbocycles. The summed E-state index contributed by atoms with van der Waals surface area (Å²) in [6, 6.07) is 21.9. The third-order valence-corrected chi connectivity index (χ3v) is 6.32. The van der Waals surface area contributed by atoms with Gasteiger partial charge in [0.2, 0.25) is 0 Å². The Morgan fingerprint density at radius 1 is 0.667 bits per heavy atom. The minimum atomic E-state index is -0.198. The van der Waals surface area contributed by atoms with Gasteiger partial charge in [-0.15, -0.1) is 0 Å². The van der Waals surface area contributed by atoms with Crippen LogP contribution in [0.4, 0.5) is 0 Å². The summed E-state index contributed by atoms with van der Waals surface area (Å²) >= 11 is 0. The lowest BCUT2D eigenvalue weighted by atomic mass is 9.90. The van der Waals surface area contributed by atoms with E-state index >= 15 is 0 Å². The van der Waals surface area contributed by atoms with Crippen molar-refractivity contribution < 1.29 is 14.2 Å². The molecule has 152 valence electrons. The number of hydrogen-bond donors (Lipinski definition) is 1. The summed E-state index contributed by atoms with van der Waals surface area (Å²) in [5.41, 5.74) is 6.16. The molecule has 0 bridgehead atoms. The Kier molecular flexibility index (Phi) is 5.65. The number of rotatable bonds is 5. The van der Waals surface area contributed by atoms with Crippen molar-refractivity contribution in [1.82, 2.24) is 0 Å². The molecule has 30 heavy (non-hydrogen) atoms. The molecule has 1 N–H and O–H groups in total. The van der Waals surface area contributed by atoms with Crippen LogP contribution < -0.4 is 9.05 Å². The van der Waals surface area contributed by atoms with Gasteiger partial charge in [0, 0.05) is 11.1 Å². The highest BCUT2D eigenvalue weighted by Gasteiger charge is 2.18. The number of benzene rings is 4. The summed E-state index contributed by atoms with van der Waals surface area (Å²) in [5, 5.41) is 12.9. The van der Waals surface area contributed by atoms with Crippen molar-refractivity contribution in [3.05, 3.63) is 89.0 Å². The van der Waals surface area contributed by atoms with E-state index in [-0.39, 0.29) is 14.8 Å². The topological polar surface area (TPSA) is 38.7 Å². The number of hydrogen-bond acceptors (Lipinski definition) is 3. The van der Waals surface area contributed by atoms with Gasteiger partial charge < -0.3 is 14.2 Å². The molecule has 0 spiro atoms. The first-order chi connectivity index (χ1) is 14.5. The summed E-state index contributed by atoms with van der Waals surface area (Å²) < 4.78 is 12.0. The third-order valence-electron chi connectivity index (χ3n) is 5.69. The van der Waals surface area contributed by atoms with E-state index in [1.165, 1.54) is 5.39 Å². The van der Waals surface area contributed by atoms with Gasteiger partial charge in [0.15, 0.2) is 0 Å². The molecular formula is C26H25O3P. The molecule has 1 atom stereocenters. The van der Waals surface area contributed by atoms with Crippen molar-refractivity contribution in [3.8, 4) is 28.4 Å². The monoisotopic (exact) mass is 416 g/mol. The first-order valence-corrected chi connectivity index (χ1v) is 10.7. The van der Waals surface area contributed by atoms with E-state index in [2.05, 4.69) is 32.9 Å². The van der Waals surface area contributed by atoms with Crippen LogP contribution in [0.1, 0.15) is 22.3 Å². The second kappa shape index (κ2) is 8.38. The number of fused-ring (bicyclic) bond motifs is 1. The van der Waals surface area contributed by atoms with Crippen molar-refractivity contribution in [2.45, 2.75) is 27.7 Å². The zero-order valence-corrected chi connectivity index (χ0v) is 18.6. The predicted octanol–water partition coefficient (Wildman–Crippen LogP) is 7.41. The SMILES string of the molecule is Cc1ccc(O)c(-c2c(OPOc3ccc4ccccc4c3)ccc(C)c2C)c1C. The van der Waals surface area contributed by atoms with Gasteiger partial charge >= 0.3 is 0 Å². The molecule has 0 amide bonds. The van der Waals surface area contributed by atoms with Crippen LogP contribution in [0, 0.1) is 27.7 Å². The molecule has 4 aromatic carbocycles. The van der Waals surface area contributed by atoms with E-state index in [0.717, 1.165) is 44.5 Å². The molecule has 0 saturated heterocycles. The van der Waals surface area contributed by atoms with Crippen LogP contribution in [-0.4, -0.2) is 5.11 Å². The number of aromatic hydroxyl groups is 1. The lowest BCUT2D eigenvalue weighted by Crippen LogP contribution is -1.96. The quantitative estimate of drug-likeness (QED) is 0.344. The number of phenolic OH excluding ortho intramolecular Hbond substituents is 1. The standard InChI is InChI=1S/C26H25O3P/c1-16-9-13-23(27)25(18(16)3)26-19(4)17(2)10-14-24(26)29-30-28-22-12-11-20-7-5-6-8-21(20)15-22/h5-15,27,30H,1-4H3.